The first-order chi connectivity index (χ1) is 7.49. The maximum absolute atomic E-state index is 10.8. The van der Waals surface area contributed by atoms with Crippen LogP contribution in [0.1, 0.15) is 41.8 Å². The summed E-state index contributed by atoms with van der Waals surface area (Å²) in [6.07, 6.45) is 0. The maximum atomic E-state index is 10.8. The molecule has 0 aliphatic heterocycles. The van der Waals surface area contributed by atoms with Crippen molar-refractivity contribution in [2.45, 2.75) is 26.7 Å². The summed E-state index contributed by atoms with van der Waals surface area (Å²) in [5, 5.41) is 13.1. The highest BCUT2D eigenvalue weighted by Crippen LogP contribution is 2.12. The third-order valence-corrected chi connectivity index (χ3v) is 2.24. The van der Waals surface area contributed by atoms with Crippen molar-refractivity contribution < 1.29 is 9.90 Å². The molecular formula is C10H12N4O2. The quantitative estimate of drug-likeness (QED) is 0.823. The summed E-state index contributed by atoms with van der Waals surface area (Å²) in [5.41, 5.74) is 0.703. The van der Waals surface area contributed by atoms with Crippen LogP contribution >= 0.6 is 0 Å². The van der Waals surface area contributed by atoms with Crippen molar-refractivity contribution in [3.8, 4) is 0 Å². The highest BCUT2D eigenvalue weighted by atomic mass is 16.4. The van der Waals surface area contributed by atoms with E-state index < -0.39 is 5.97 Å². The van der Waals surface area contributed by atoms with E-state index in [1.54, 1.807) is 11.4 Å². The van der Waals surface area contributed by atoms with E-state index in [9.17, 15) is 4.79 Å². The fourth-order valence-electron chi connectivity index (χ4n) is 1.38. The van der Waals surface area contributed by atoms with E-state index in [2.05, 4.69) is 15.1 Å². The number of carboxylic acid groups (broad SMARTS) is 1. The molecule has 0 bridgehead atoms. The van der Waals surface area contributed by atoms with Crippen molar-refractivity contribution in [2.24, 2.45) is 0 Å². The van der Waals surface area contributed by atoms with Crippen molar-refractivity contribution in [1.82, 2.24) is 19.6 Å². The van der Waals surface area contributed by atoms with Crippen molar-refractivity contribution in [3.05, 3.63) is 23.3 Å². The summed E-state index contributed by atoms with van der Waals surface area (Å²) in [6, 6.07) is 1.48. The van der Waals surface area contributed by atoms with Crippen LogP contribution in [0.3, 0.4) is 0 Å². The van der Waals surface area contributed by atoms with Gasteiger partial charge in [0.2, 0.25) is 0 Å². The van der Waals surface area contributed by atoms with E-state index in [-0.39, 0.29) is 11.6 Å². The van der Waals surface area contributed by atoms with Crippen molar-refractivity contribution in [2.75, 3.05) is 0 Å². The number of carboxylic acids is 1. The fourth-order valence-corrected chi connectivity index (χ4v) is 1.38. The van der Waals surface area contributed by atoms with Crippen LogP contribution < -0.4 is 0 Å². The molecule has 0 amide bonds. The molecule has 2 aromatic heterocycles. The molecule has 2 rings (SSSR count). The van der Waals surface area contributed by atoms with Crippen LogP contribution in [0.5, 0.6) is 0 Å². The second-order valence-electron chi connectivity index (χ2n) is 3.92. The number of aryl methyl sites for hydroxylation is 1. The molecule has 0 atom stereocenters. The number of rotatable bonds is 2. The summed E-state index contributed by atoms with van der Waals surface area (Å²) in [6.45, 7) is 5.73. The standard InChI is InChI=1S/C10H12N4O2/c1-5(2)8-12-10-11-7(9(15)16)4-6(3)14(10)13-8/h4-5H,1-3H3,(H,15,16). The van der Waals surface area contributed by atoms with Gasteiger partial charge in [-0.2, -0.15) is 4.98 Å². The lowest BCUT2D eigenvalue weighted by atomic mass is 10.2. The molecule has 6 nitrogen and oxygen atoms in total. The van der Waals surface area contributed by atoms with Gasteiger partial charge < -0.3 is 5.11 Å². The Bertz CT molecular complexity index is 559. The molecule has 2 aromatic rings. The molecule has 2 heterocycles. The SMILES string of the molecule is Cc1cc(C(=O)O)nc2nc(C(C)C)nn12. The molecule has 84 valence electrons. The molecule has 0 radical (unpaired) electrons. The van der Waals surface area contributed by atoms with Gasteiger partial charge in [0.25, 0.3) is 5.78 Å². The van der Waals surface area contributed by atoms with E-state index in [0.717, 1.165) is 0 Å². The third kappa shape index (κ3) is 1.62. The molecule has 0 spiro atoms. The summed E-state index contributed by atoms with van der Waals surface area (Å²) in [7, 11) is 0. The van der Waals surface area contributed by atoms with Gasteiger partial charge in [-0.25, -0.2) is 14.3 Å². The first-order valence-electron chi connectivity index (χ1n) is 4.96. The third-order valence-electron chi connectivity index (χ3n) is 2.24. The van der Waals surface area contributed by atoms with Crippen LogP contribution in [0.4, 0.5) is 0 Å². The fraction of sp³-hybridized carbons (Fsp3) is 0.400. The number of nitrogens with zero attached hydrogens (tertiary/aromatic N) is 4. The van der Waals surface area contributed by atoms with E-state index in [4.69, 9.17) is 5.11 Å². The van der Waals surface area contributed by atoms with Crippen LogP contribution in [-0.4, -0.2) is 30.7 Å². The minimum Gasteiger partial charge on any atom is -0.477 e. The Kier molecular flexibility index (Phi) is 2.34. The lowest BCUT2D eigenvalue weighted by Gasteiger charge is -1.98. The predicted molar refractivity (Wildman–Crippen MR) is 56.6 cm³/mol. The Morgan fingerprint density at radius 2 is 2.12 bits per heavy atom. The van der Waals surface area contributed by atoms with Gasteiger partial charge in [-0.1, -0.05) is 13.8 Å². The minimum absolute atomic E-state index is 0.00675. The zero-order chi connectivity index (χ0) is 11.9. The first kappa shape index (κ1) is 10.5. The lowest BCUT2D eigenvalue weighted by molar-refractivity contribution is 0.0690. The van der Waals surface area contributed by atoms with Crippen LogP contribution in [0, 0.1) is 6.92 Å². The average Bonchev–Trinajstić information content (AvgIpc) is 2.61. The molecule has 6 heteroatoms. The van der Waals surface area contributed by atoms with E-state index in [1.807, 2.05) is 13.8 Å². The highest BCUT2D eigenvalue weighted by Gasteiger charge is 2.13. The molecular weight excluding hydrogens is 208 g/mol. The van der Waals surface area contributed by atoms with Gasteiger partial charge in [0, 0.05) is 11.6 Å². The zero-order valence-electron chi connectivity index (χ0n) is 9.30. The number of fused-ring (bicyclic) bond motifs is 1. The highest BCUT2D eigenvalue weighted by molar-refractivity contribution is 5.85. The molecule has 0 unspecified atom stereocenters. The van der Waals surface area contributed by atoms with Crippen LogP contribution in [0.25, 0.3) is 5.78 Å². The second kappa shape index (κ2) is 3.55. The molecule has 0 fully saturated rings. The monoisotopic (exact) mass is 220 g/mol. The molecule has 0 aromatic carbocycles. The van der Waals surface area contributed by atoms with Crippen molar-refractivity contribution in [1.29, 1.82) is 0 Å². The van der Waals surface area contributed by atoms with Gasteiger partial charge in [0.05, 0.1) is 0 Å². The Hall–Kier alpha value is -1.98. The van der Waals surface area contributed by atoms with E-state index in [0.29, 0.717) is 17.3 Å². The summed E-state index contributed by atoms with van der Waals surface area (Å²) >= 11 is 0. The zero-order valence-corrected chi connectivity index (χ0v) is 9.30. The Morgan fingerprint density at radius 1 is 1.44 bits per heavy atom. The van der Waals surface area contributed by atoms with Gasteiger partial charge >= 0.3 is 5.97 Å². The first-order valence-corrected chi connectivity index (χ1v) is 4.96. The number of hydrogen-bond acceptors (Lipinski definition) is 4. The van der Waals surface area contributed by atoms with Crippen LogP contribution in [0.15, 0.2) is 6.07 Å². The summed E-state index contributed by atoms with van der Waals surface area (Å²) in [4.78, 5) is 18.9. The largest absolute Gasteiger partial charge is 0.477 e. The summed E-state index contributed by atoms with van der Waals surface area (Å²) in [5.74, 6) is 0.133. The van der Waals surface area contributed by atoms with Crippen LogP contribution in [0.2, 0.25) is 0 Å². The molecule has 1 N–H and O–H groups in total. The van der Waals surface area contributed by atoms with Gasteiger partial charge in [0.1, 0.15) is 0 Å². The Balaban J connectivity index is 2.68. The van der Waals surface area contributed by atoms with Gasteiger partial charge in [-0.3, -0.25) is 0 Å². The smallest absolute Gasteiger partial charge is 0.354 e. The van der Waals surface area contributed by atoms with Gasteiger partial charge in [-0.05, 0) is 13.0 Å². The topological polar surface area (TPSA) is 80.4 Å². The number of aromatic nitrogens is 4. The van der Waals surface area contributed by atoms with Gasteiger partial charge in [0.15, 0.2) is 11.5 Å². The molecule has 0 aliphatic rings. The molecule has 16 heavy (non-hydrogen) atoms. The van der Waals surface area contributed by atoms with Crippen molar-refractivity contribution >= 4 is 11.7 Å². The van der Waals surface area contributed by atoms with E-state index >= 15 is 0 Å². The predicted octanol–water partition coefficient (Wildman–Crippen LogP) is 1.25. The molecule has 0 aliphatic carbocycles. The normalized spacial score (nSPS) is 11.2. The van der Waals surface area contributed by atoms with Crippen molar-refractivity contribution in [3.63, 3.8) is 0 Å². The van der Waals surface area contributed by atoms with Crippen LogP contribution in [-0.2, 0) is 0 Å². The lowest BCUT2D eigenvalue weighted by Crippen LogP contribution is -2.05. The number of hydrogen-bond donors (Lipinski definition) is 1. The van der Waals surface area contributed by atoms with Gasteiger partial charge in [-0.15, -0.1) is 5.10 Å². The summed E-state index contributed by atoms with van der Waals surface area (Å²) < 4.78 is 1.56. The molecule has 0 saturated heterocycles. The Morgan fingerprint density at radius 3 is 2.69 bits per heavy atom. The Labute approximate surface area is 92.0 Å². The van der Waals surface area contributed by atoms with E-state index in [1.165, 1.54) is 6.07 Å². The average molecular weight is 220 g/mol. The number of carbonyl (C=O) groups is 1. The maximum Gasteiger partial charge on any atom is 0.354 e. The minimum atomic E-state index is -1.06. The number of aromatic carboxylic acids is 1. The molecule has 0 saturated carbocycles. The second-order valence-corrected chi connectivity index (χ2v) is 3.92.